The van der Waals surface area contributed by atoms with Crippen molar-refractivity contribution < 1.29 is 4.79 Å². The molecule has 2 N–H and O–H groups in total. The molecule has 3 aromatic rings. The van der Waals surface area contributed by atoms with Gasteiger partial charge in [0.2, 0.25) is 0 Å². The second-order valence-corrected chi connectivity index (χ2v) is 6.87. The lowest BCUT2D eigenvalue weighted by molar-refractivity contribution is 0.0979. The van der Waals surface area contributed by atoms with E-state index in [1.54, 1.807) is 23.1 Å². The molecule has 6 heteroatoms. The maximum atomic E-state index is 13.4. The Bertz CT molecular complexity index is 1040. The molecule has 0 fully saturated rings. The van der Waals surface area contributed by atoms with Crippen LogP contribution in [-0.2, 0) is 0 Å². The number of benzene rings is 2. The van der Waals surface area contributed by atoms with Crippen LogP contribution in [-0.4, -0.2) is 28.7 Å². The molecule has 4 rings (SSSR count). The second-order valence-electron chi connectivity index (χ2n) is 6.87. The fraction of sp³-hybridized carbons (Fsp3) is 0.250. The van der Waals surface area contributed by atoms with Crippen LogP contribution in [0.3, 0.4) is 0 Å². The molecule has 0 saturated carbocycles. The monoisotopic (exact) mass is 348 g/mol. The summed E-state index contributed by atoms with van der Waals surface area (Å²) in [4.78, 5) is 27.1. The maximum absolute atomic E-state index is 13.4. The molecule has 2 aromatic carbocycles. The number of para-hydroxylation sites is 2. The summed E-state index contributed by atoms with van der Waals surface area (Å²) in [5, 5.41) is 11.1. The van der Waals surface area contributed by atoms with Gasteiger partial charge in [-0.3, -0.25) is 9.59 Å². The number of aromatic amines is 1. The number of carbonyl (C=O) groups is 1. The van der Waals surface area contributed by atoms with Gasteiger partial charge in [0.05, 0.1) is 16.8 Å². The van der Waals surface area contributed by atoms with Gasteiger partial charge in [-0.15, -0.1) is 0 Å². The molecule has 0 unspecified atom stereocenters. The lowest BCUT2D eigenvalue weighted by atomic mass is 9.99. The van der Waals surface area contributed by atoms with E-state index in [1.165, 1.54) is 0 Å². The normalized spacial score (nSPS) is 16.4. The average Bonchev–Trinajstić information content (AvgIpc) is 2.67. The van der Waals surface area contributed by atoms with E-state index in [9.17, 15) is 9.59 Å². The summed E-state index contributed by atoms with van der Waals surface area (Å²) in [6, 6.07) is 15.0. The fourth-order valence-electron chi connectivity index (χ4n) is 3.35. The SMILES string of the molecule is CC(C)[C@H]1CN(C(=O)c2n[nH]c(=O)c3ccccc23)c2ccccc2N1. The van der Waals surface area contributed by atoms with E-state index in [1.807, 2.05) is 30.3 Å². The zero-order valence-electron chi connectivity index (χ0n) is 14.7. The highest BCUT2D eigenvalue weighted by atomic mass is 16.2. The molecule has 1 amide bonds. The number of rotatable bonds is 2. The summed E-state index contributed by atoms with van der Waals surface area (Å²) in [5.41, 5.74) is 1.73. The number of hydrogen-bond donors (Lipinski definition) is 2. The van der Waals surface area contributed by atoms with Crippen LogP contribution in [0.25, 0.3) is 10.8 Å². The number of amides is 1. The molecular weight excluding hydrogens is 328 g/mol. The van der Waals surface area contributed by atoms with E-state index in [0.717, 1.165) is 11.4 Å². The summed E-state index contributed by atoms with van der Waals surface area (Å²) in [6.45, 7) is 4.80. The van der Waals surface area contributed by atoms with Crippen LogP contribution < -0.4 is 15.8 Å². The first-order chi connectivity index (χ1) is 12.6. The Morgan fingerprint density at radius 1 is 1.12 bits per heavy atom. The maximum Gasteiger partial charge on any atom is 0.279 e. The van der Waals surface area contributed by atoms with Crippen molar-refractivity contribution in [2.45, 2.75) is 19.9 Å². The van der Waals surface area contributed by atoms with Gasteiger partial charge in [0.1, 0.15) is 0 Å². The Labute approximate surface area is 150 Å². The van der Waals surface area contributed by atoms with Crippen molar-refractivity contribution in [3.63, 3.8) is 0 Å². The third-order valence-corrected chi connectivity index (χ3v) is 4.86. The van der Waals surface area contributed by atoms with E-state index in [2.05, 4.69) is 29.4 Å². The molecule has 2 heterocycles. The Morgan fingerprint density at radius 3 is 2.58 bits per heavy atom. The highest BCUT2D eigenvalue weighted by molar-refractivity contribution is 6.13. The first-order valence-electron chi connectivity index (χ1n) is 8.71. The number of H-pyrrole nitrogens is 1. The van der Waals surface area contributed by atoms with E-state index in [4.69, 9.17) is 0 Å². The number of aromatic nitrogens is 2. The fourth-order valence-corrected chi connectivity index (χ4v) is 3.35. The van der Waals surface area contributed by atoms with Crippen LogP contribution in [0.2, 0.25) is 0 Å². The van der Waals surface area contributed by atoms with Crippen molar-refractivity contribution in [2.24, 2.45) is 5.92 Å². The molecule has 1 aliphatic heterocycles. The first kappa shape index (κ1) is 16.3. The minimum absolute atomic E-state index is 0.142. The Morgan fingerprint density at radius 2 is 1.81 bits per heavy atom. The number of anilines is 2. The minimum Gasteiger partial charge on any atom is -0.379 e. The number of hydrogen-bond acceptors (Lipinski definition) is 4. The predicted molar refractivity (Wildman–Crippen MR) is 103 cm³/mol. The van der Waals surface area contributed by atoms with E-state index >= 15 is 0 Å². The summed E-state index contributed by atoms with van der Waals surface area (Å²) in [7, 11) is 0. The van der Waals surface area contributed by atoms with Gasteiger partial charge in [0, 0.05) is 18.0 Å². The third-order valence-electron chi connectivity index (χ3n) is 4.86. The van der Waals surface area contributed by atoms with Crippen LogP contribution in [0.15, 0.2) is 53.3 Å². The van der Waals surface area contributed by atoms with Gasteiger partial charge in [0.25, 0.3) is 11.5 Å². The topological polar surface area (TPSA) is 78.1 Å². The lowest BCUT2D eigenvalue weighted by Gasteiger charge is -2.37. The summed E-state index contributed by atoms with van der Waals surface area (Å²) >= 11 is 0. The van der Waals surface area contributed by atoms with Gasteiger partial charge in [-0.25, -0.2) is 5.10 Å². The largest absolute Gasteiger partial charge is 0.379 e. The van der Waals surface area contributed by atoms with Crippen molar-refractivity contribution in [3.05, 3.63) is 64.6 Å². The standard InChI is InChI=1S/C20H20N4O2/c1-12(2)16-11-24(17-10-6-5-9-15(17)21-16)20(26)18-13-7-3-4-8-14(13)19(25)23-22-18/h3-10,12,16,21H,11H2,1-2H3,(H,23,25)/t16-/m1/s1. The summed E-state index contributed by atoms with van der Waals surface area (Å²) < 4.78 is 0. The number of carbonyl (C=O) groups excluding carboxylic acids is 1. The number of fused-ring (bicyclic) bond motifs is 2. The van der Waals surface area contributed by atoms with Gasteiger partial charge in [-0.05, 0) is 24.1 Å². The van der Waals surface area contributed by atoms with Crippen molar-refractivity contribution in [3.8, 4) is 0 Å². The van der Waals surface area contributed by atoms with Gasteiger partial charge in [-0.1, -0.05) is 44.2 Å². The summed E-state index contributed by atoms with van der Waals surface area (Å²) in [5.74, 6) is 0.149. The number of nitrogens with one attached hydrogen (secondary N) is 2. The van der Waals surface area contributed by atoms with Crippen LogP contribution in [0.1, 0.15) is 24.3 Å². The quantitative estimate of drug-likeness (QED) is 0.746. The van der Waals surface area contributed by atoms with Gasteiger partial charge < -0.3 is 10.2 Å². The third kappa shape index (κ3) is 2.63. The molecule has 0 saturated heterocycles. The zero-order valence-corrected chi connectivity index (χ0v) is 14.7. The lowest BCUT2D eigenvalue weighted by Crippen LogP contribution is -2.47. The molecule has 1 atom stereocenters. The molecule has 26 heavy (non-hydrogen) atoms. The smallest absolute Gasteiger partial charge is 0.279 e. The molecule has 1 aliphatic rings. The molecule has 0 bridgehead atoms. The van der Waals surface area contributed by atoms with Gasteiger partial charge in [0.15, 0.2) is 5.69 Å². The zero-order chi connectivity index (χ0) is 18.3. The van der Waals surface area contributed by atoms with E-state index < -0.39 is 0 Å². The van der Waals surface area contributed by atoms with Crippen molar-refractivity contribution >= 4 is 28.1 Å². The molecule has 6 nitrogen and oxygen atoms in total. The highest BCUT2D eigenvalue weighted by Gasteiger charge is 2.31. The van der Waals surface area contributed by atoms with Crippen molar-refractivity contribution in [1.82, 2.24) is 10.2 Å². The Kier molecular flexibility index (Phi) is 3.95. The Balaban J connectivity index is 1.84. The van der Waals surface area contributed by atoms with Gasteiger partial charge in [-0.2, -0.15) is 5.10 Å². The Hall–Kier alpha value is -3.15. The molecule has 0 aliphatic carbocycles. The van der Waals surface area contributed by atoms with Crippen molar-refractivity contribution in [2.75, 3.05) is 16.8 Å². The molecule has 0 spiro atoms. The van der Waals surface area contributed by atoms with Crippen molar-refractivity contribution in [1.29, 1.82) is 0 Å². The second kappa shape index (κ2) is 6.29. The van der Waals surface area contributed by atoms with E-state index in [-0.39, 0.29) is 23.2 Å². The highest BCUT2D eigenvalue weighted by Crippen LogP contribution is 2.33. The van der Waals surface area contributed by atoms with Crippen LogP contribution in [0.4, 0.5) is 11.4 Å². The first-order valence-corrected chi connectivity index (χ1v) is 8.71. The van der Waals surface area contributed by atoms with Crippen LogP contribution in [0.5, 0.6) is 0 Å². The molecule has 0 radical (unpaired) electrons. The van der Waals surface area contributed by atoms with Gasteiger partial charge >= 0.3 is 0 Å². The predicted octanol–water partition coefficient (Wildman–Crippen LogP) is 3.02. The number of nitrogens with zero attached hydrogens (tertiary/aromatic N) is 2. The molecule has 1 aromatic heterocycles. The molecular formula is C20H20N4O2. The molecule has 132 valence electrons. The van der Waals surface area contributed by atoms with Crippen LogP contribution in [0, 0.1) is 5.92 Å². The van der Waals surface area contributed by atoms with Crippen LogP contribution >= 0.6 is 0 Å². The average molecular weight is 348 g/mol. The minimum atomic E-state index is -0.294. The van der Waals surface area contributed by atoms with E-state index in [0.29, 0.717) is 23.2 Å². The summed E-state index contributed by atoms with van der Waals surface area (Å²) in [6.07, 6.45) is 0.